The van der Waals surface area contributed by atoms with E-state index in [1.807, 2.05) is 25.5 Å². The number of piperidine rings is 1. The highest BCUT2D eigenvalue weighted by Gasteiger charge is 2.46. The van der Waals surface area contributed by atoms with Gasteiger partial charge in [0.25, 0.3) is 0 Å². The normalized spacial score (nSPS) is 24.2. The van der Waals surface area contributed by atoms with Gasteiger partial charge < -0.3 is 9.73 Å². The fraction of sp³-hybridized carbons (Fsp3) is 0.529. The highest BCUT2D eigenvalue weighted by Crippen LogP contribution is 2.39. The zero-order chi connectivity index (χ0) is 15.9. The van der Waals surface area contributed by atoms with Gasteiger partial charge in [0.2, 0.25) is 5.91 Å². The van der Waals surface area contributed by atoms with E-state index in [9.17, 15) is 4.79 Å². The molecule has 23 heavy (non-hydrogen) atoms. The van der Waals surface area contributed by atoms with Crippen molar-refractivity contribution in [3.63, 3.8) is 0 Å². The predicted molar refractivity (Wildman–Crippen MR) is 84.7 cm³/mol. The van der Waals surface area contributed by atoms with Crippen molar-refractivity contribution >= 4 is 5.91 Å². The van der Waals surface area contributed by atoms with Gasteiger partial charge in [-0.25, -0.2) is 0 Å². The Morgan fingerprint density at radius 1 is 1.43 bits per heavy atom. The van der Waals surface area contributed by atoms with Crippen LogP contribution in [0.4, 0.5) is 0 Å². The molecule has 1 amide bonds. The fourth-order valence-electron chi connectivity index (χ4n) is 3.88. The number of hydrogen-bond acceptors (Lipinski definition) is 4. The quantitative estimate of drug-likeness (QED) is 0.936. The molecule has 0 aromatic carbocycles. The monoisotopic (exact) mass is 314 g/mol. The van der Waals surface area contributed by atoms with Crippen molar-refractivity contribution in [2.24, 2.45) is 7.05 Å². The SMILES string of the molecule is Cn1cc(C2CC3(CCN(Cc4ccoc4)CC3)NC2=O)cn1. The second-order valence-corrected chi connectivity index (χ2v) is 6.88. The molecule has 2 aromatic rings. The van der Waals surface area contributed by atoms with Crippen LogP contribution < -0.4 is 5.32 Å². The maximum absolute atomic E-state index is 12.4. The Morgan fingerprint density at radius 2 is 2.26 bits per heavy atom. The van der Waals surface area contributed by atoms with Crippen LogP contribution in [0, 0.1) is 0 Å². The molecular formula is C17H22N4O2. The number of furan rings is 1. The smallest absolute Gasteiger partial charge is 0.228 e. The summed E-state index contributed by atoms with van der Waals surface area (Å²) in [6.07, 6.45) is 10.2. The average Bonchev–Trinajstić information content (AvgIpc) is 3.24. The predicted octanol–water partition coefficient (Wildman–Crippen LogP) is 1.65. The first-order valence-electron chi connectivity index (χ1n) is 8.18. The number of carbonyl (C=O) groups is 1. The maximum Gasteiger partial charge on any atom is 0.228 e. The molecule has 0 bridgehead atoms. The Morgan fingerprint density at radius 3 is 2.91 bits per heavy atom. The number of carbonyl (C=O) groups excluding carboxylic acids is 1. The van der Waals surface area contributed by atoms with Crippen LogP contribution in [0.3, 0.4) is 0 Å². The minimum Gasteiger partial charge on any atom is -0.472 e. The van der Waals surface area contributed by atoms with E-state index in [0.717, 1.165) is 44.5 Å². The van der Waals surface area contributed by atoms with Crippen molar-refractivity contribution < 1.29 is 9.21 Å². The zero-order valence-electron chi connectivity index (χ0n) is 13.4. The molecule has 0 aliphatic carbocycles. The van der Waals surface area contributed by atoms with Gasteiger partial charge in [0.05, 0.1) is 24.6 Å². The van der Waals surface area contributed by atoms with E-state index in [1.165, 1.54) is 5.56 Å². The number of hydrogen-bond donors (Lipinski definition) is 1. The van der Waals surface area contributed by atoms with Crippen molar-refractivity contribution in [1.29, 1.82) is 0 Å². The lowest BCUT2D eigenvalue weighted by Gasteiger charge is -2.39. The van der Waals surface area contributed by atoms with Gasteiger partial charge in [0.1, 0.15) is 0 Å². The Labute approximate surface area is 135 Å². The summed E-state index contributed by atoms with van der Waals surface area (Å²) in [6, 6.07) is 2.01. The maximum atomic E-state index is 12.4. The van der Waals surface area contributed by atoms with Crippen molar-refractivity contribution in [1.82, 2.24) is 20.0 Å². The molecule has 2 saturated heterocycles. The van der Waals surface area contributed by atoms with Gasteiger partial charge in [-0.3, -0.25) is 14.4 Å². The number of likely N-dealkylation sites (tertiary alicyclic amines) is 1. The van der Waals surface area contributed by atoms with Crippen molar-refractivity contribution in [3.8, 4) is 0 Å². The standard InChI is InChI=1S/C17H22N4O2/c1-20-11-14(9-18-20)15-8-17(19-16(15)22)3-5-21(6-4-17)10-13-2-7-23-12-13/h2,7,9,11-12,15H,3-6,8,10H2,1H3,(H,19,22). The third kappa shape index (κ3) is 2.79. The van der Waals surface area contributed by atoms with Crippen molar-refractivity contribution in [2.75, 3.05) is 13.1 Å². The molecule has 6 nitrogen and oxygen atoms in total. The number of aromatic nitrogens is 2. The van der Waals surface area contributed by atoms with Crippen LogP contribution in [0.2, 0.25) is 0 Å². The Kier molecular flexibility index (Phi) is 3.49. The van der Waals surface area contributed by atoms with Crippen LogP contribution in [-0.2, 0) is 18.4 Å². The molecule has 1 N–H and O–H groups in total. The van der Waals surface area contributed by atoms with Gasteiger partial charge in [-0.15, -0.1) is 0 Å². The summed E-state index contributed by atoms with van der Waals surface area (Å²) in [7, 11) is 1.89. The molecule has 6 heteroatoms. The highest BCUT2D eigenvalue weighted by molar-refractivity contribution is 5.87. The molecule has 4 heterocycles. The van der Waals surface area contributed by atoms with Gasteiger partial charge in [-0.05, 0) is 25.3 Å². The van der Waals surface area contributed by atoms with E-state index in [-0.39, 0.29) is 17.4 Å². The molecule has 2 aliphatic heterocycles. The summed E-state index contributed by atoms with van der Waals surface area (Å²) < 4.78 is 6.90. The molecule has 0 saturated carbocycles. The van der Waals surface area contributed by atoms with Crippen LogP contribution in [0.1, 0.15) is 36.3 Å². The Balaban J connectivity index is 1.40. The summed E-state index contributed by atoms with van der Waals surface area (Å²) in [5.74, 6) is 0.102. The first kappa shape index (κ1) is 14.5. The molecule has 2 aromatic heterocycles. The number of nitrogens with zero attached hydrogens (tertiary/aromatic N) is 3. The van der Waals surface area contributed by atoms with Crippen molar-refractivity contribution in [2.45, 2.75) is 37.3 Å². The van der Waals surface area contributed by atoms with Gasteiger partial charge in [0.15, 0.2) is 0 Å². The van der Waals surface area contributed by atoms with E-state index < -0.39 is 0 Å². The Bertz CT molecular complexity index is 683. The third-order valence-electron chi connectivity index (χ3n) is 5.23. The number of aryl methyl sites for hydroxylation is 1. The lowest BCUT2D eigenvalue weighted by Crippen LogP contribution is -2.50. The van der Waals surface area contributed by atoms with E-state index in [2.05, 4.69) is 15.3 Å². The molecule has 4 rings (SSSR count). The van der Waals surface area contributed by atoms with Crippen LogP contribution in [0.5, 0.6) is 0 Å². The van der Waals surface area contributed by atoms with Gasteiger partial charge in [-0.1, -0.05) is 0 Å². The summed E-state index contributed by atoms with van der Waals surface area (Å²) in [5.41, 5.74) is 2.21. The minimum absolute atomic E-state index is 0.0372. The largest absolute Gasteiger partial charge is 0.472 e. The van der Waals surface area contributed by atoms with Crippen LogP contribution >= 0.6 is 0 Å². The summed E-state index contributed by atoms with van der Waals surface area (Å²) in [4.78, 5) is 14.9. The zero-order valence-corrected chi connectivity index (χ0v) is 13.4. The minimum atomic E-state index is -0.0517. The van der Waals surface area contributed by atoms with Crippen LogP contribution in [0.25, 0.3) is 0 Å². The molecule has 2 fully saturated rings. The average molecular weight is 314 g/mol. The van der Waals surface area contributed by atoms with Gasteiger partial charge >= 0.3 is 0 Å². The van der Waals surface area contributed by atoms with E-state index in [1.54, 1.807) is 17.2 Å². The lowest BCUT2D eigenvalue weighted by molar-refractivity contribution is -0.121. The molecule has 1 spiro atoms. The third-order valence-corrected chi connectivity index (χ3v) is 5.23. The Hall–Kier alpha value is -2.08. The molecule has 1 atom stereocenters. The molecule has 2 aliphatic rings. The highest BCUT2D eigenvalue weighted by atomic mass is 16.3. The van der Waals surface area contributed by atoms with E-state index in [0.29, 0.717) is 0 Å². The second-order valence-electron chi connectivity index (χ2n) is 6.88. The summed E-state index contributed by atoms with van der Waals surface area (Å²) in [5, 5.41) is 7.49. The van der Waals surface area contributed by atoms with Gasteiger partial charge in [0, 0.05) is 49.5 Å². The number of amides is 1. The van der Waals surface area contributed by atoms with Crippen molar-refractivity contribution in [3.05, 3.63) is 42.1 Å². The molecule has 1 unspecified atom stereocenters. The first-order valence-corrected chi connectivity index (χ1v) is 8.18. The van der Waals surface area contributed by atoms with Gasteiger partial charge in [-0.2, -0.15) is 5.10 Å². The molecule has 0 radical (unpaired) electrons. The van der Waals surface area contributed by atoms with E-state index >= 15 is 0 Å². The molecular weight excluding hydrogens is 292 g/mol. The lowest BCUT2D eigenvalue weighted by atomic mass is 9.82. The van der Waals surface area contributed by atoms with Crippen LogP contribution in [-0.4, -0.2) is 39.2 Å². The second kappa shape index (κ2) is 5.53. The first-order chi connectivity index (χ1) is 11.1. The van der Waals surface area contributed by atoms with Crippen LogP contribution in [0.15, 0.2) is 35.4 Å². The number of nitrogens with one attached hydrogen (secondary N) is 1. The van der Waals surface area contributed by atoms with E-state index in [4.69, 9.17) is 4.42 Å². The summed E-state index contributed by atoms with van der Waals surface area (Å²) >= 11 is 0. The number of rotatable bonds is 3. The molecule has 122 valence electrons. The summed E-state index contributed by atoms with van der Waals surface area (Å²) in [6.45, 7) is 2.93. The topological polar surface area (TPSA) is 63.3 Å². The fourth-order valence-corrected chi connectivity index (χ4v) is 3.88.